The van der Waals surface area contributed by atoms with Crippen molar-refractivity contribution in [3.8, 4) is 0 Å². The Balaban J connectivity index is 1.94. The second-order valence-corrected chi connectivity index (χ2v) is 6.93. The normalized spacial score (nSPS) is 16.0. The van der Waals surface area contributed by atoms with Gasteiger partial charge >= 0.3 is 5.97 Å². The van der Waals surface area contributed by atoms with Crippen LogP contribution in [0.3, 0.4) is 0 Å². The average molecular weight is 320 g/mol. The molecule has 0 amide bonds. The standard InChI is InChI=1S/C15H20N4O2S/c1-8(15(20)21)19(2)7-11-17-13(16)12-9-5-3-4-6-10(9)22-14(12)18-11/h8H,3-7H2,1-2H3,(H,20,21)(H2,16,17,18). The van der Waals surface area contributed by atoms with Gasteiger partial charge in [0, 0.05) is 4.88 Å². The number of hydrogen-bond donors (Lipinski definition) is 2. The molecule has 0 aromatic carbocycles. The highest BCUT2D eigenvalue weighted by molar-refractivity contribution is 7.19. The molecule has 0 fully saturated rings. The van der Waals surface area contributed by atoms with Gasteiger partial charge in [0.15, 0.2) is 0 Å². The molecule has 0 aliphatic heterocycles. The van der Waals surface area contributed by atoms with E-state index in [1.54, 1.807) is 30.2 Å². The Morgan fingerprint density at radius 3 is 2.86 bits per heavy atom. The van der Waals surface area contributed by atoms with E-state index in [2.05, 4.69) is 9.97 Å². The number of fused-ring (bicyclic) bond motifs is 3. The highest BCUT2D eigenvalue weighted by Crippen LogP contribution is 2.37. The molecule has 1 aliphatic carbocycles. The van der Waals surface area contributed by atoms with Gasteiger partial charge in [0.2, 0.25) is 0 Å². The smallest absolute Gasteiger partial charge is 0.320 e. The lowest BCUT2D eigenvalue weighted by molar-refractivity contribution is -0.142. The summed E-state index contributed by atoms with van der Waals surface area (Å²) in [6, 6.07) is -0.586. The molecule has 0 radical (unpaired) electrons. The van der Waals surface area contributed by atoms with Crippen molar-refractivity contribution in [2.45, 2.75) is 45.2 Å². The zero-order chi connectivity index (χ0) is 15.9. The monoisotopic (exact) mass is 320 g/mol. The van der Waals surface area contributed by atoms with Crippen LogP contribution in [0.15, 0.2) is 0 Å². The lowest BCUT2D eigenvalue weighted by Crippen LogP contribution is -2.35. The Kier molecular flexibility index (Phi) is 4.01. The van der Waals surface area contributed by atoms with E-state index in [9.17, 15) is 4.79 Å². The van der Waals surface area contributed by atoms with Gasteiger partial charge in [-0.1, -0.05) is 0 Å². The number of rotatable bonds is 4. The molecule has 0 spiro atoms. The first-order valence-corrected chi connectivity index (χ1v) is 8.28. The van der Waals surface area contributed by atoms with E-state index in [0.29, 0.717) is 18.2 Å². The van der Waals surface area contributed by atoms with Crippen LogP contribution in [-0.4, -0.2) is 39.0 Å². The van der Waals surface area contributed by atoms with Crippen molar-refractivity contribution in [2.24, 2.45) is 0 Å². The van der Waals surface area contributed by atoms with Gasteiger partial charge in [-0.2, -0.15) is 0 Å². The maximum Gasteiger partial charge on any atom is 0.320 e. The summed E-state index contributed by atoms with van der Waals surface area (Å²) in [6.07, 6.45) is 4.57. The lowest BCUT2D eigenvalue weighted by atomic mass is 9.97. The number of carbonyl (C=O) groups is 1. The van der Waals surface area contributed by atoms with Crippen LogP contribution in [0.5, 0.6) is 0 Å². The molecule has 118 valence electrons. The summed E-state index contributed by atoms with van der Waals surface area (Å²) < 4.78 is 0. The summed E-state index contributed by atoms with van der Waals surface area (Å²) in [5, 5.41) is 10.1. The van der Waals surface area contributed by atoms with Gasteiger partial charge < -0.3 is 10.8 Å². The number of aliphatic carboxylic acids is 1. The minimum atomic E-state index is -0.858. The maximum atomic E-state index is 11.0. The fourth-order valence-corrected chi connectivity index (χ4v) is 4.14. The number of carboxylic acids is 1. The number of nitrogens with zero attached hydrogens (tertiary/aromatic N) is 3. The van der Waals surface area contributed by atoms with Gasteiger partial charge in [-0.25, -0.2) is 9.97 Å². The van der Waals surface area contributed by atoms with Crippen molar-refractivity contribution in [1.82, 2.24) is 14.9 Å². The van der Waals surface area contributed by atoms with E-state index < -0.39 is 12.0 Å². The number of nitrogen functional groups attached to an aromatic ring is 1. The molecule has 22 heavy (non-hydrogen) atoms. The largest absolute Gasteiger partial charge is 0.480 e. The van der Waals surface area contributed by atoms with E-state index in [1.807, 2.05) is 0 Å². The molecule has 3 rings (SSSR count). The molecule has 6 nitrogen and oxygen atoms in total. The van der Waals surface area contributed by atoms with E-state index in [-0.39, 0.29) is 0 Å². The Labute approximate surface area is 133 Å². The molecule has 0 bridgehead atoms. The number of nitrogens with two attached hydrogens (primary N) is 1. The second-order valence-electron chi connectivity index (χ2n) is 5.85. The van der Waals surface area contributed by atoms with Crippen LogP contribution >= 0.6 is 11.3 Å². The third kappa shape index (κ3) is 2.66. The predicted octanol–water partition coefficient (Wildman–Crippen LogP) is 2.06. The third-order valence-corrected chi connectivity index (χ3v) is 5.48. The predicted molar refractivity (Wildman–Crippen MR) is 87.0 cm³/mol. The first-order valence-electron chi connectivity index (χ1n) is 7.47. The van der Waals surface area contributed by atoms with Crippen LogP contribution in [0, 0.1) is 0 Å². The lowest BCUT2D eigenvalue weighted by Gasteiger charge is -2.20. The number of likely N-dealkylation sites (N-methyl/N-ethyl adjacent to an activating group) is 1. The minimum Gasteiger partial charge on any atom is -0.480 e. The number of aryl methyl sites for hydroxylation is 2. The summed E-state index contributed by atoms with van der Waals surface area (Å²) in [6.45, 7) is 2.02. The Morgan fingerprint density at radius 2 is 2.14 bits per heavy atom. The Bertz CT molecular complexity index is 728. The van der Waals surface area contributed by atoms with E-state index >= 15 is 0 Å². The van der Waals surface area contributed by atoms with Crippen molar-refractivity contribution in [1.29, 1.82) is 0 Å². The highest BCUT2D eigenvalue weighted by Gasteiger charge is 2.22. The SMILES string of the molecule is CC(C(=O)O)N(C)Cc1nc(N)c2c3c(sc2n1)CCCC3. The molecule has 1 atom stereocenters. The van der Waals surface area contributed by atoms with E-state index in [1.165, 1.54) is 23.3 Å². The van der Waals surface area contributed by atoms with E-state index in [0.717, 1.165) is 23.1 Å². The van der Waals surface area contributed by atoms with Crippen LogP contribution in [0.4, 0.5) is 5.82 Å². The Morgan fingerprint density at radius 1 is 1.41 bits per heavy atom. The topological polar surface area (TPSA) is 92.3 Å². The Hall–Kier alpha value is -1.73. The molecule has 0 saturated carbocycles. The minimum absolute atomic E-state index is 0.371. The molecule has 2 heterocycles. The van der Waals surface area contributed by atoms with Crippen LogP contribution < -0.4 is 5.73 Å². The van der Waals surface area contributed by atoms with Crippen molar-refractivity contribution in [3.63, 3.8) is 0 Å². The van der Waals surface area contributed by atoms with Crippen molar-refractivity contribution in [2.75, 3.05) is 12.8 Å². The number of carboxylic acid groups (broad SMARTS) is 1. The van der Waals surface area contributed by atoms with Gasteiger partial charge in [-0.3, -0.25) is 9.69 Å². The summed E-state index contributed by atoms with van der Waals surface area (Å²) in [7, 11) is 1.75. The summed E-state index contributed by atoms with van der Waals surface area (Å²) in [5.74, 6) is 0.248. The summed E-state index contributed by atoms with van der Waals surface area (Å²) in [4.78, 5) is 24.1. The average Bonchev–Trinajstić information content (AvgIpc) is 2.84. The molecular formula is C15H20N4O2S. The van der Waals surface area contributed by atoms with Crippen molar-refractivity contribution >= 4 is 33.3 Å². The number of aromatic nitrogens is 2. The van der Waals surface area contributed by atoms with Gasteiger partial charge in [-0.05, 0) is 45.2 Å². The van der Waals surface area contributed by atoms with Crippen molar-refractivity contribution < 1.29 is 9.90 Å². The van der Waals surface area contributed by atoms with Crippen LogP contribution in [-0.2, 0) is 24.2 Å². The van der Waals surface area contributed by atoms with Gasteiger partial charge in [0.1, 0.15) is 22.5 Å². The molecular weight excluding hydrogens is 300 g/mol. The summed E-state index contributed by atoms with van der Waals surface area (Å²) >= 11 is 1.70. The molecule has 1 unspecified atom stereocenters. The summed E-state index contributed by atoms with van der Waals surface area (Å²) in [5.41, 5.74) is 7.48. The molecule has 1 aliphatic rings. The van der Waals surface area contributed by atoms with Crippen LogP contribution in [0.25, 0.3) is 10.2 Å². The zero-order valence-electron chi connectivity index (χ0n) is 12.8. The zero-order valence-corrected chi connectivity index (χ0v) is 13.6. The highest BCUT2D eigenvalue weighted by atomic mass is 32.1. The third-order valence-electron chi connectivity index (χ3n) is 4.30. The molecule has 3 N–H and O–H groups in total. The van der Waals surface area contributed by atoms with Gasteiger partial charge in [-0.15, -0.1) is 11.3 Å². The fraction of sp³-hybridized carbons (Fsp3) is 0.533. The molecule has 0 saturated heterocycles. The van der Waals surface area contributed by atoms with E-state index in [4.69, 9.17) is 10.8 Å². The maximum absolute atomic E-state index is 11.0. The fourth-order valence-electron chi connectivity index (χ4n) is 2.85. The second kappa shape index (κ2) is 5.81. The first-order chi connectivity index (χ1) is 10.5. The molecule has 2 aromatic heterocycles. The van der Waals surface area contributed by atoms with Crippen molar-refractivity contribution in [3.05, 3.63) is 16.3 Å². The molecule has 2 aromatic rings. The van der Waals surface area contributed by atoms with Crippen LogP contribution in [0.1, 0.15) is 36.0 Å². The number of anilines is 1. The van der Waals surface area contributed by atoms with Gasteiger partial charge in [0.25, 0.3) is 0 Å². The number of thiophene rings is 1. The molecule has 7 heteroatoms. The quantitative estimate of drug-likeness (QED) is 0.896. The van der Waals surface area contributed by atoms with Crippen LogP contribution in [0.2, 0.25) is 0 Å². The van der Waals surface area contributed by atoms with Gasteiger partial charge in [0.05, 0.1) is 11.9 Å². The number of hydrogen-bond acceptors (Lipinski definition) is 6. The first kappa shape index (κ1) is 15.2.